The van der Waals surface area contributed by atoms with Gasteiger partial charge in [0.1, 0.15) is 5.82 Å². The molecule has 0 aliphatic carbocycles. The summed E-state index contributed by atoms with van der Waals surface area (Å²) in [6.45, 7) is 2.04. The Morgan fingerprint density at radius 1 is 1.31 bits per heavy atom. The summed E-state index contributed by atoms with van der Waals surface area (Å²) in [5, 5.41) is 8.42. The number of piperidine rings is 1. The quantitative estimate of drug-likeness (QED) is 0.776. The zero-order valence-electron chi connectivity index (χ0n) is 8.93. The first-order valence-corrected chi connectivity index (χ1v) is 5.37. The van der Waals surface area contributed by atoms with Gasteiger partial charge in [-0.15, -0.1) is 0 Å². The molecule has 86 valence electrons. The van der Waals surface area contributed by atoms with Gasteiger partial charge in [0.15, 0.2) is 5.75 Å². The van der Waals surface area contributed by atoms with Crippen molar-refractivity contribution in [2.24, 2.45) is 0 Å². The monoisotopic (exact) mass is 222 g/mol. The number of ether oxygens (including phenoxy) is 1. The molecule has 0 aromatic carbocycles. The Kier molecular flexibility index (Phi) is 3.24. The second-order valence-corrected chi connectivity index (χ2v) is 3.77. The fourth-order valence-corrected chi connectivity index (χ4v) is 1.84. The molecule has 0 unspecified atom stereocenters. The van der Waals surface area contributed by atoms with E-state index in [0.717, 1.165) is 18.9 Å². The molecule has 1 aliphatic rings. The summed E-state index contributed by atoms with van der Waals surface area (Å²) in [5.74, 6) is 1.14. The summed E-state index contributed by atoms with van der Waals surface area (Å²) in [6, 6.07) is 3.43. The smallest absolute Gasteiger partial charge is 0.449 e. The lowest BCUT2D eigenvalue weighted by Crippen LogP contribution is -2.29. The van der Waals surface area contributed by atoms with E-state index < -0.39 is 6.16 Å². The van der Waals surface area contributed by atoms with E-state index in [1.807, 2.05) is 0 Å². The Balaban J connectivity index is 2.03. The molecule has 5 heteroatoms. The van der Waals surface area contributed by atoms with Gasteiger partial charge in [-0.3, -0.25) is 0 Å². The summed E-state index contributed by atoms with van der Waals surface area (Å²) in [4.78, 5) is 16.7. The first-order chi connectivity index (χ1) is 7.75. The second kappa shape index (κ2) is 4.83. The van der Waals surface area contributed by atoms with Crippen molar-refractivity contribution < 1.29 is 14.6 Å². The number of pyridine rings is 1. The summed E-state index contributed by atoms with van der Waals surface area (Å²) in [6.07, 6.45) is 3.78. The molecule has 0 saturated carbocycles. The third-order valence-electron chi connectivity index (χ3n) is 2.61. The number of anilines is 1. The van der Waals surface area contributed by atoms with Crippen LogP contribution in [0.3, 0.4) is 0 Å². The highest BCUT2D eigenvalue weighted by Gasteiger charge is 2.12. The SMILES string of the molecule is O=C(O)Oc1ccc(N2CCCCC2)nc1. The first kappa shape index (κ1) is 10.7. The second-order valence-electron chi connectivity index (χ2n) is 3.77. The van der Waals surface area contributed by atoms with E-state index in [-0.39, 0.29) is 5.75 Å². The summed E-state index contributed by atoms with van der Waals surface area (Å²) in [7, 11) is 0. The average molecular weight is 222 g/mol. The average Bonchev–Trinajstić information content (AvgIpc) is 2.30. The van der Waals surface area contributed by atoms with Crippen molar-refractivity contribution in [2.45, 2.75) is 19.3 Å². The molecule has 1 aliphatic heterocycles. The van der Waals surface area contributed by atoms with Gasteiger partial charge in [-0.1, -0.05) is 0 Å². The van der Waals surface area contributed by atoms with Gasteiger partial charge in [0.25, 0.3) is 0 Å². The minimum absolute atomic E-state index is 0.258. The fraction of sp³-hybridized carbons (Fsp3) is 0.455. The predicted octanol–water partition coefficient (Wildman–Crippen LogP) is 2.13. The molecular formula is C11H14N2O3. The number of nitrogens with zero attached hydrogens (tertiary/aromatic N) is 2. The lowest BCUT2D eigenvalue weighted by Gasteiger charge is -2.27. The molecule has 1 aromatic heterocycles. The van der Waals surface area contributed by atoms with E-state index in [0.29, 0.717) is 0 Å². The molecule has 2 rings (SSSR count). The third kappa shape index (κ3) is 2.62. The van der Waals surface area contributed by atoms with Crippen molar-refractivity contribution in [3.8, 4) is 5.75 Å². The van der Waals surface area contributed by atoms with Gasteiger partial charge in [-0.2, -0.15) is 0 Å². The summed E-state index contributed by atoms with van der Waals surface area (Å²) >= 11 is 0. The molecule has 16 heavy (non-hydrogen) atoms. The van der Waals surface area contributed by atoms with Gasteiger partial charge in [0.2, 0.25) is 0 Å². The van der Waals surface area contributed by atoms with Crippen LogP contribution in [0.15, 0.2) is 18.3 Å². The number of hydrogen-bond donors (Lipinski definition) is 1. The zero-order chi connectivity index (χ0) is 11.4. The largest absolute Gasteiger partial charge is 0.511 e. The highest BCUT2D eigenvalue weighted by Crippen LogP contribution is 2.19. The Morgan fingerprint density at radius 2 is 2.06 bits per heavy atom. The molecule has 1 fully saturated rings. The minimum Gasteiger partial charge on any atom is -0.449 e. The fourth-order valence-electron chi connectivity index (χ4n) is 1.84. The van der Waals surface area contributed by atoms with E-state index in [9.17, 15) is 4.79 Å². The molecule has 5 nitrogen and oxygen atoms in total. The number of carboxylic acid groups (broad SMARTS) is 1. The van der Waals surface area contributed by atoms with Crippen molar-refractivity contribution >= 4 is 12.0 Å². The third-order valence-corrected chi connectivity index (χ3v) is 2.61. The van der Waals surface area contributed by atoms with E-state index in [2.05, 4.69) is 14.6 Å². The lowest BCUT2D eigenvalue weighted by molar-refractivity contribution is 0.144. The van der Waals surface area contributed by atoms with Crippen LogP contribution >= 0.6 is 0 Å². The van der Waals surface area contributed by atoms with Gasteiger partial charge in [0, 0.05) is 13.1 Å². The zero-order valence-corrected chi connectivity index (χ0v) is 8.93. The molecule has 0 radical (unpaired) electrons. The van der Waals surface area contributed by atoms with E-state index in [4.69, 9.17) is 5.11 Å². The van der Waals surface area contributed by atoms with E-state index >= 15 is 0 Å². The van der Waals surface area contributed by atoms with Crippen LogP contribution in [0.4, 0.5) is 10.6 Å². The summed E-state index contributed by atoms with van der Waals surface area (Å²) < 4.78 is 4.49. The van der Waals surface area contributed by atoms with Crippen molar-refractivity contribution in [3.63, 3.8) is 0 Å². The highest BCUT2D eigenvalue weighted by molar-refractivity contribution is 5.61. The normalized spacial score (nSPS) is 15.9. The van der Waals surface area contributed by atoms with Gasteiger partial charge < -0.3 is 14.7 Å². The number of rotatable bonds is 2. The maximum Gasteiger partial charge on any atom is 0.511 e. The van der Waals surface area contributed by atoms with Crippen LogP contribution in [-0.2, 0) is 0 Å². The molecule has 2 heterocycles. The topological polar surface area (TPSA) is 62.7 Å². The van der Waals surface area contributed by atoms with E-state index in [1.165, 1.54) is 25.5 Å². The molecule has 0 atom stereocenters. The Morgan fingerprint density at radius 3 is 2.62 bits per heavy atom. The van der Waals surface area contributed by atoms with Crippen LogP contribution in [0.1, 0.15) is 19.3 Å². The minimum atomic E-state index is -1.31. The van der Waals surface area contributed by atoms with Crippen molar-refractivity contribution in [2.75, 3.05) is 18.0 Å². The number of carbonyl (C=O) groups is 1. The molecule has 0 bridgehead atoms. The molecule has 0 amide bonds. The maximum absolute atomic E-state index is 10.3. The van der Waals surface area contributed by atoms with Gasteiger partial charge in [0.05, 0.1) is 6.20 Å². The van der Waals surface area contributed by atoms with Crippen LogP contribution in [0.2, 0.25) is 0 Å². The maximum atomic E-state index is 10.3. The molecule has 1 N–H and O–H groups in total. The van der Waals surface area contributed by atoms with Gasteiger partial charge >= 0.3 is 6.16 Å². The van der Waals surface area contributed by atoms with Gasteiger partial charge in [-0.25, -0.2) is 9.78 Å². The van der Waals surface area contributed by atoms with Crippen LogP contribution in [0.25, 0.3) is 0 Å². The predicted molar refractivity (Wildman–Crippen MR) is 59.0 cm³/mol. The summed E-state index contributed by atoms with van der Waals surface area (Å²) in [5.41, 5.74) is 0. The standard InChI is InChI=1S/C11H14N2O3/c14-11(15)16-9-4-5-10(12-8-9)13-6-2-1-3-7-13/h4-5,8H,1-3,6-7H2,(H,14,15). The molecular weight excluding hydrogens is 208 g/mol. The van der Waals surface area contributed by atoms with Crippen LogP contribution in [-0.4, -0.2) is 29.3 Å². The highest BCUT2D eigenvalue weighted by atomic mass is 16.7. The molecule has 1 aromatic rings. The van der Waals surface area contributed by atoms with Crippen LogP contribution in [0.5, 0.6) is 5.75 Å². The van der Waals surface area contributed by atoms with Crippen molar-refractivity contribution in [1.29, 1.82) is 0 Å². The Labute approximate surface area is 93.7 Å². The van der Waals surface area contributed by atoms with Crippen molar-refractivity contribution in [3.05, 3.63) is 18.3 Å². The number of aromatic nitrogens is 1. The van der Waals surface area contributed by atoms with E-state index in [1.54, 1.807) is 12.1 Å². The Hall–Kier alpha value is -1.78. The van der Waals surface area contributed by atoms with Crippen LogP contribution < -0.4 is 9.64 Å². The molecule has 1 saturated heterocycles. The Bertz CT molecular complexity index is 358. The molecule has 0 spiro atoms. The van der Waals surface area contributed by atoms with Crippen LogP contribution in [0, 0.1) is 0 Å². The lowest BCUT2D eigenvalue weighted by atomic mass is 10.1. The first-order valence-electron chi connectivity index (χ1n) is 5.37. The van der Waals surface area contributed by atoms with Crippen molar-refractivity contribution in [1.82, 2.24) is 4.98 Å². The number of hydrogen-bond acceptors (Lipinski definition) is 4. The van der Waals surface area contributed by atoms with Gasteiger partial charge in [-0.05, 0) is 31.4 Å².